The number of methoxy groups -OCH3 is 1. The second-order valence-electron chi connectivity index (χ2n) is 8.35. The molecule has 3 N–H and O–H groups in total. The van der Waals surface area contributed by atoms with E-state index in [1.54, 1.807) is 54.7 Å². The van der Waals surface area contributed by atoms with Gasteiger partial charge < -0.3 is 30.2 Å². The smallest absolute Gasteiger partial charge is 0.323 e. The van der Waals surface area contributed by atoms with Crippen LogP contribution in [-0.4, -0.2) is 68.3 Å². The molecule has 2 heterocycles. The maximum atomic E-state index is 12.7. The third kappa shape index (κ3) is 7.92. The normalized spacial score (nSPS) is 13.4. The molecule has 1 fully saturated rings. The molecular weight excluding hydrogens is 474 g/mol. The van der Waals surface area contributed by atoms with Gasteiger partial charge in [-0.2, -0.15) is 0 Å². The average Bonchev–Trinajstić information content (AvgIpc) is 2.93. The Bertz CT molecular complexity index is 1170. The second-order valence-corrected chi connectivity index (χ2v) is 8.35. The number of anilines is 2. The molecular formula is C27H31N5O5. The van der Waals surface area contributed by atoms with Gasteiger partial charge in [0.2, 0.25) is 5.88 Å². The highest BCUT2D eigenvalue weighted by Gasteiger charge is 2.15. The van der Waals surface area contributed by atoms with Crippen molar-refractivity contribution in [1.82, 2.24) is 15.2 Å². The van der Waals surface area contributed by atoms with Crippen molar-refractivity contribution in [1.29, 1.82) is 0 Å². The van der Waals surface area contributed by atoms with Crippen LogP contribution in [-0.2, 0) is 4.74 Å². The van der Waals surface area contributed by atoms with Crippen LogP contribution in [0.4, 0.5) is 16.2 Å². The van der Waals surface area contributed by atoms with Gasteiger partial charge in [0.25, 0.3) is 5.91 Å². The Morgan fingerprint density at radius 1 is 1.00 bits per heavy atom. The van der Waals surface area contributed by atoms with Crippen molar-refractivity contribution in [3.8, 4) is 17.4 Å². The van der Waals surface area contributed by atoms with Gasteiger partial charge in [-0.3, -0.25) is 9.69 Å². The molecule has 3 aromatic rings. The highest BCUT2D eigenvalue weighted by Crippen LogP contribution is 2.24. The summed E-state index contributed by atoms with van der Waals surface area (Å²) in [6.07, 6.45) is 2.50. The van der Waals surface area contributed by atoms with Crippen molar-refractivity contribution in [3.05, 3.63) is 72.4 Å². The molecule has 0 atom stereocenters. The molecule has 2 aromatic carbocycles. The van der Waals surface area contributed by atoms with E-state index in [4.69, 9.17) is 14.2 Å². The number of aromatic nitrogens is 1. The Morgan fingerprint density at radius 3 is 2.49 bits per heavy atom. The third-order valence-corrected chi connectivity index (χ3v) is 5.72. The van der Waals surface area contributed by atoms with E-state index < -0.39 is 6.03 Å². The minimum Gasteiger partial charge on any atom is -0.496 e. The quantitative estimate of drug-likeness (QED) is 0.357. The summed E-state index contributed by atoms with van der Waals surface area (Å²) in [6.45, 7) is 4.85. The molecule has 0 bridgehead atoms. The Kier molecular flexibility index (Phi) is 9.28. The monoisotopic (exact) mass is 505 g/mol. The topological polar surface area (TPSA) is 114 Å². The Balaban J connectivity index is 1.25. The molecule has 0 saturated carbocycles. The lowest BCUT2D eigenvalue weighted by Crippen LogP contribution is -2.38. The molecule has 37 heavy (non-hydrogen) atoms. The number of benzene rings is 2. The second kappa shape index (κ2) is 13.2. The fraction of sp³-hybridized carbons (Fsp3) is 0.296. The molecule has 1 aliphatic rings. The highest BCUT2D eigenvalue weighted by atomic mass is 16.5. The van der Waals surface area contributed by atoms with Crippen LogP contribution in [0.5, 0.6) is 17.4 Å². The van der Waals surface area contributed by atoms with Crippen LogP contribution in [0.2, 0.25) is 0 Å². The van der Waals surface area contributed by atoms with Crippen molar-refractivity contribution in [2.24, 2.45) is 0 Å². The molecule has 0 spiro atoms. The average molecular weight is 506 g/mol. The number of hydrogen-bond donors (Lipinski definition) is 3. The first-order valence-electron chi connectivity index (χ1n) is 12.1. The van der Waals surface area contributed by atoms with Crippen molar-refractivity contribution in [3.63, 3.8) is 0 Å². The molecule has 10 nitrogen and oxygen atoms in total. The molecule has 10 heteroatoms. The van der Waals surface area contributed by atoms with Crippen LogP contribution in [0.15, 0.2) is 66.9 Å². The molecule has 0 radical (unpaired) electrons. The van der Waals surface area contributed by atoms with Gasteiger partial charge in [0, 0.05) is 49.3 Å². The lowest BCUT2D eigenvalue weighted by Gasteiger charge is -2.26. The number of carbonyl (C=O) groups excluding carboxylic acids is 2. The van der Waals surface area contributed by atoms with E-state index in [1.807, 2.05) is 12.1 Å². The molecule has 1 saturated heterocycles. The van der Waals surface area contributed by atoms with Gasteiger partial charge in [0.1, 0.15) is 11.5 Å². The number of nitrogens with zero attached hydrogens (tertiary/aromatic N) is 2. The molecule has 3 amide bonds. The van der Waals surface area contributed by atoms with Crippen LogP contribution in [0.1, 0.15) is 16.8 Å². The number of hydrogen-bond acceptors (Lipinski definition) is 7. The lowest BCUT2D eigenvalue weighted by molar-refractivity contribution is 0.0374. The Labute approximate surface area is 215 Å². The van der Waals surface area contributed by atoms with E-state index in [-0.39, 0.29) is 5.91 Å². The van der Waals surface area contributed by atoms with Crippen molar-refractivity contribution >= 4 is 23.3 Å². The zero-order chi connectivity index (χ0) is 25.9. The van der Waals surface area contributed by atoms with Crippen LogP contribution in [0.3, 0.4) is 0 Å². The molecule has 1 aromatic heterocycles. The largest absolute Gasteiger partial charge is 0.496 e. The number of morpholine rings is 1. The number of nitrogens with one attached hydrogen (secondary N) is 3. The van der Waals surface area contributed by atoms with E-state index >= 15 is 0 Å². The van der Waals surface area contributed by atoms with Crippen LogP contribution in [0, 0.1) is 0 Å². The summed E-state index contributed by atoms with van der Waals surface area (Å²) in [5.74, 6) is 1.24. The predicted octanol–water partition coefficient (Wildman–Crippen LogP) is 3.98. The lowest BCUT2D eigenvalue weighted by atomic mass is 10.1. The zero-order valence-electron chi connectivity index (χ0n) is 20.7. The van der Waals surface area contributed by atoms with Gasteiger partial charge >= 0.3 is 6.03 Å². The number of rotatable bonds is 10. The van der Waals surface area contributed by atoms with Crippen LogP contribution >= 0.6 is 0 Å². The summed E-state index contributed by atoms with van der Waals surface area (Å²) in [5, 5.41) is 8.46. The van der Waals surface area contributed by atoms with Gasteiger partial charge in [-0.1, -0.05) is 6.07 Å². The van der Waals surface area contributed by atoms with Crippen molar-refractivity contribution < 1.29 is 23.8 Å². The van der Waals surface area contributed by atoms with E-state index in [0.717, 1.165) is 39.3 Å². The summed E-state index contributed by atoms with van der Waals surface area (Å²) >= 11 is 0. The number of pyridine rings is 1. The number of amides is 3. The SMILES string of the molecule is COc1cc(NC(=O)Nc2ccc(Oc3ccccn3)cc2)ccc1C(=O)NCCCN1CCOCC1. The number of urea groups is 1. The summed E-state index contributed by atoms with van der Waals surface area (Å²) in [4.78, 5) is 31.6. The van der Waals surface area contributed by atoms with Crippen molar-refractivity contribution in [2.75, 3.05) is 57.1 Å². The van der Waals surface area contributed by atoms with Gasteiger partial charge in [-0.25, -0.2) is 9.78 Å². The van der Waals surface area contributed by atoms with Crippen molar-refractivity contribution in [2.45, 2.75) is 6.42 Å². The maximum absolute atomic E-state index is 12.7. The fourth-order valence-corrected chi connectivity index (χ4v) is 3.81. The van der Waals surface area contributed by atoms with E-state index in [1.165, 1.54) is 7.11 Å². The predicted molar refractivity (Wildman–Crippen MR) is 141 cm³/mol. The summed E-state index contributed by atoms with van der Waals surface area (Å²) in [7, 11) is 1.49. The molecule has 4 rings (SSSR count). The minimum atomic E-state index is -0.430. The Hall–Kier alpha value is -4.15. The Morgan fingerprint density at radius 2 is 1.76 bits per heavy atom. The fourth-order valence-electron chi connectivity index (χ4n) is 3.81. The summed E-state index contributed by atoms with van der Waals surface area (Å²) < 4.78 is 16.4. The minimum absolute atomic E-state index is 0.220. The highest BCUT2D eigenvalue weighted by molar-refractivity contribution is 6.01. The molecule has 194 valence electrons. The van der Waals surface area contributed by atoms with Gasteiger partial charge in [0.15, 0.2) is 0 Å². The summed E-state index contributed by atoms with van der Waals surface area (Å²) in [6, 6.07) is 16.8. The summed E-state index contributed by atoms with van der Waals surface area (Å²) in [5.41, 5.74) is 1.49. The van der Waals surface area contributed by atoms with Crippen LogP contribution in [0.25, 0.3) is 0 Å². The number of ether oxygens (including phenoxy) is 3. The standard InChI is InChI=1S/C27H31N5O5/c1-35-24-19-21(8-11-23(24)26(33)29-13-4-14-32-15-17-36-18-16-32)31-27(34)30-20-6-9-22(10-7-20)37-25-5-2-3-12-28-25/h2-3,5-12,19H,4,13-18H2,1H3,(H,29,33)(H2,30,31,34). The maximum Gasteiger partial charge on any atom is 0.323 e. The third-order valence-electron chi connectivity index (χ3n) is 5.72. The van der Waals surface area contributed by atoms with Gasteiger partial charge in [0.05, 0.1) is 25.9 Å². The van der Waals surface area contributed by atoms with Crippen LogP contribution < -0.4 is 25.4 Å². The van der Waals surface area contributed by atoms with E-state index in [9.17, 15) is 9.59 Å². The molecule has 0 aliphatic carbocycles. The first kappa shape index (κ1) is 25.9. The number of carbonyl (C=O) groups is 2. The molecule has 0 unspecified atom stereocenters. The van der Waals surface area contributed by atoms with E-state index in [0.29, 0.717) is 40.9 Å². The zero-order valence-corrected chi connectivity index (χ0v) is 20.7. The van der Waals surface area contributed by atoms with E-state index in [2.05, 4.69) is 25.8 Å². The van der Waals surface area contributed by atoms with Gasteiger partial charge in [-0.15, -0.1) is 0 Å². The first-order chi connectivity index (χ1) is 18.1. The van der Waals surface area contributed by atoms with Gasteiger partial charge in [-0.05, 0) is 55.4 Å². The first-order valence-corrected chi connectivity index (χ1v) is 12.1. The molecule has 1 aliphatic heterocycles.